The number of hydrogen-bond donors (Lipinski definition) is 1. The molecule has 0 aromatic carbocycles. The fourth-order valence-corrected chi connectivity index (χ4v) is 1.83. The molecule has 1 saturated carbocycles. The maximum Gasteiger partial charge on any atom is 0.0661 e. The molecular weight excluding hydrogens is 162 g/mol. The minimum atomic E-state index is 0.153. The van der Waals surface area contributed by atoms with Crippen LogP contribution in [0.1, 0.15) is 30.7 Å². The van der Waals surface area contributed by atoms with Crippen molar-refractivity contribution in [3.8, 4) is 0 Å². The Bertz CT molecular complexity index is 282. The largest absolute Gasteiger partial charge is 0.330 e. The van der Waals surface area contributed by atoms with Crippen LogP contribution in [0.25, 0.3) is 0 Å². The summed E-state index contributed by atoms with van der Waals surface area (Å²) in [4.78, 5) is 8.66. The van der Waals surface area contributed by atoms with E-state index in [0.717, 1.165) is 11.4 Å². The van der Waals surface area contributed by atoms with Crippen molar-refractivity contribution < 1.29 is 0 Å². The van der Waals surface area contributed by atoms with Crippen molar-refractivity contribution in [3.05, 3.63) is 23.8 Å². The summed E-state index contributed by atoms with van der Waals surface area (Å²) in [6, 6.07) is 0. The third-order valence-electron chi connectivity index (χ3n) is 3.03. The lowest BCUT2D eigenvalue weighted by molar-refractivity contribution is 0.245. The Labute approximate surface area is 78.4 Å². The second kappa shape index (κ2) is 3.07. The van der Waals surface area contributed by atoms with Gasteiger partial charge in [-0.25, -0.2) is 0 Å². The fraction of sp³-hybridized carbons (Fsp3) is 0.600. The minimum absolute atomic E-state index is 0.153. The van der Waals surface area contributed by atoms with Crippen LogP contribution in [0.3, 0.4) is 0 Å². The first-order valence-corrected chi connectivity index (χ1v) is 4.76. The van der Waals surface area contributed by atoms with E-state index in [1.165, 1.54) is 19.3 Å². The molecule has 2 rings (SSSR count). The van der Waals surface area contributed by atoms with Gasteiger partial charge in [-0.1, -0.05) is 6.42 Å². The highest BCUT2D eigenvalue weighted by Crippen LogP contribution is 2.41. The molecule has 0 aliphatic heterocycles. The normalized spacial score (nSPS) is 19.5. The van der Waals surface area contributed by atoms with E-state index in [4.69, 9.17) is 5.73 Å². The first-order valence-electron chi connectivity index (χ1n) is 4.76. The van der Waals surface area contributed by atoms with E-state index in [9.17, 15) is 0 Å². The van der Waals surface area contributed by atoms with Crippen LogP contribution < -0.4 is 5.73 Å². The Morgan fingerprint density at radius 3 is 2.54 bits per heavy atom. The highest BCUT2D eigenvalue weighted by Gasteiger charge is 2.38. The summed E-state index contributed by atoms with van der Waals surface area (Å²) >= 11 is 0. The van der Waals surface area contributed by atoms with Crippen LogP contribution in [0.2, 0.25) is 0 Å². The van der Waals surface area contributed by atoms with E-state index in [2.05, 4.69) is 9.97 Å². The number of nitrogens with zero attached hydrogens (tertiary/aromatic N) is 2. The van der Waals surface area contributed by atoms with E-state index in [1.54, 1.807) is 0 Å². The molecule has 3 nitrogen and oxygen atoms in total. The third-order valence-corrected chi connectivity index (χ3v) is 3.03. The third kappa shape index (κ3) is 1.33. The number of aryl methyl sites for hydroxylation is 1. The predicted octanol–water partition coefficient (Wildman–Crippen LogP) is 1.17. The van der Waals surface area contributed by atoms with Gasteiger partial charge in [0.2, 0.25) is 0 Å². The molecule has 0 amide bonds. The van der Waals surface area contributed by atoms with E-state index in [-0.39, 0.29) is 5.41 Å². The average Bonchev–Trinajstić information content (AvgIpc) is 2.07. The Kier molecular flexibility index (Phi) is 2.04. The van der Waals surface area contributed by atoms with Gasteiger partial charge in [0, 0.05) is 24.4 Å². The van der Waals surface area contributed by atoms with Crippen molar-refractivity contribution in [2.45, 2.75) is 31.6 Å². The van der Waals surface area contributed by atoms with Gasteiger partial charge in [0.25, 0.3) is 0 Å². The molecule has 0 bridgehead atoms. The molecule has 1 aliphatic carbocycles. The zero-order valence-electron chi connectivity index (χ0n) is 7.95. The highest BCUT2D eigenvalue weighted by atomic mass is 14.8. The van der Waals surface area contributed by atoms with Crippen molar-refractivity contribution in [1.82, 2.24) is 9.97 Å². The van der Waals surface area contributed by atoms with Crippen LogP contribution in [0.5, 0.6) is 0 Å². The Hall–Kier alpha value is -0.960. The van der Waals surface area contributed by atoms with Crippen molar-refractivity contribution in [2.24, 2.45) is 5.73 Å². The molecule has 1 aromatic heterocycles. The highest BCUT2D eigenvalue weighted by molar-refractivity contribution is 5.19. The average molecular weight is 177 g/mol. The van der Waals surface area contributed by atoms with Gasteiger partial charge in [-0.2, -0.15) is 0 Å². The van der Waals surface area contributed by atoms with E-state index >= 15 is 0 Å². The quantitative estimate of drug-likeness (QED) is 0.737. The lowest BCUT2D eigenvalue weighted by atomic mass is 9.67. The molecule has 1 fully saturated rings. The molecule has 1 heterocycles. The van der Waals surface area contributed by atoms with Crippen molar-refractivity contribution in [2.75, 3.05) is 6.54 Å². The Morgan fingerprint density at radius 1 is 1.38 bits per heavy atom. The molecule has 0 atom stereocenters. The van der Waals surface area contributed by atoms with Gasteiger partial charge < -0.3 is 5.73 Å². The van der Waals surface area contributed by atoms with E-state index < -0.39 is 0 Å². The number of hydrogen-bond acceptors (Lipinski definition) is 3. The van der Waals surface area contributed by atoms with Crippen LogP contribution in [-0.4, -0.2) is 16.5 Å². The number of rotatable bonds is 2. The second-order valence-corrected chi connectivity index (χ2v) is 3.88. The summed E-state index contributed by atoms with van der Waals surface area (Å²) < 4.78 is 0. The smallest absolute Gasteiger partial charge is 0.0661 e. The van der Waals surface area contributed by atoms with Crippen LogP contribution >= 0.6 is 0 Å². The van der Waals surface area contributed by atoms with Crippen LogP contribution in [0.15, 0.2) is 12.4 Å². The molecular formula is C10H15N3. The predicted molar refractivity (Wildman–Crippen MR) is 51.4 cm³/mol. The van der Waals surface area contributed by atoms with Gasteiger partial charge in [0.05, 0.1) is 11.4 Å². The molecule has 0 radical (unpaired) electrons. The van der Waals surface area contributed by atoms with Gasteiger partial charge in [0.15, 0.2) is 0 Å². The van der Waals surface area contributed by atoms with E-state index in [1.807, 2.05) is 19.3 Å². The zero-order chi connectivity index (χ0) is 9.31. The second-order valence-electron chi connectivity index (χ2n) is 3.88. The van der Waals surface area contributed by atoms with E-state index in [0.29, 0.717) is 6.54 Å². The van der Waals surface area contributed by atoms with Crippen molar-refractivity contribution >= 4 is 0 Å². The Balaban J connectivity index is 2.28. The van der Waals surface area contributed by atoms with Crippen LogP contribution in [0.4, 0.5) is 0 Å². The van der Waals surface area contributed by atoms with Crippen molar-refractivity contribution in [3.63, 3.8) is 0 Å². The maximum atomic E-state index is 5.77. The van der Waals surface area contributed by atoms with Gasteiger partial charge in [-0.3, -0.25) is 9.97 Å². The summed E-state index contributed by atoms with van der Waals surface area (Å²) in [5, 5.41) is 0. The molecule has 1 aliphatic rings. The lowest BCUT2D eigenvalue weighted by Gasteiger charge is -2.40. The van der Waals surface area contributed by atoms with Gasteiger partial charge in [0.1, 0.15) is 0 Å². The molecule has 0 unspecified atom stereocenters. The van der Waals surface area contributed by atoms with Gasteiger partial charge >= 0.3 is 0 Å². The molecule has 1 aromatic rings. The maximum absolute atomic E-state index is 5.77. The summed E-state index contributed by atoms with van der Waals surface area (Å²) in [6.07, 6.45) is 7.31. The number of nitrogens with two attached hydrogens (primary N) is 1. The molecule has 13 heavy (non-hydrogen) atoms. The SMILES string of the molecule is Cc1cnc(C2(CN)CCC2)cn1. The summed E-state index contributed by atoms with van der Waals surface area (Å²) in [6.45, 7) is 2.65. The summed E-state index contributed by atoms with van der Waals surface area (Å²) in [7, 11) is 0. The van der Waals surface area contributed by atoms with Gasteiger partial charge in [-0.15, -0.1) is 0 Å². The van der Waals surface area contributed by atoms with Crippen LogP contribution in [0, 0.1) is 6.92 Å². The number of aromatic nitrogens is 2. The van der Waals surface area contributed by atoms with Crippen LogP contribution in [-0.2, 0) is 5.41 Å². The Morgan fingerprint density at radius 2 is 2.15 bits per heavy atom. The van der Waals surface area contributed by atoms with Gasteiger partial charge in [-0.05, 0) is 19.8 Å². The first-order chi connectivity index (χ1) is 6.27. The molecule has 70 valence electrons. The zero-order valence-corrected chi connectivity index (χ0v) is 7.95. The first kappa shape index (κ1) is 8.63. The summed E-state index contributed by atoms with van der Waals surface area (Å²) in [5.74, 6) is 0. The minimum Gasteiger partial charge on any atom is -0.330 e. The standard InChI is InChI=1S/C10H15N3/c1-8-5-13-9(6-12-8)10(7-11)3-2-4-10/h5-6H,2-4,7,11H2,1H3. The molecule has 2 N–H and O–H groups in total. The monoisotopic (exact) mass is 177 g/mol. The lowest BCUT2D eigenvalue weighted by Crippen LogP contribution is -2.42. The topological polar surface area (TPSA) is 51.8 Å². The fourth-order valence-electron chi connectivity index (χ4n) is 1.83. The molecule has 0 spiro atoms. The van der Waals surface area contributed by atoms with Crippen molar-refractivity contribution in [1.29, 1.82) is 0 Å². The molecule has 3 heteroatoms. The molecule has 0 saturated heterocycles. The summed E-state index contributed by atoms with van der Waals surface area (Å²) in [5.41, 5.74) is 7.97.